The lowest BCUT2D eigenvalue weighted by atomic mass is 9.98. The van der Waals surface area contributed by atoms with Gasteiger partial charge in [0.1, 0.15) is 5.76 Å². The fourth-order valence-corrected chi connectivity index (χ4v) is 3.95. The number of hydrogen-bond acceptors (Lipinski definition) is 5. The zero-order valence-electron chi connectivity index (χ0n) is 11.7. The van der Waals surface area contributed by atoms with Crippen LogP contribution in [0.3, 0.4) is 0 Å². The van der Waals surface area contributed by atoms with Crippen molar-refractivity contribution in [2.24, 2.45) is 7.05 Å². The quantitative estimate of drug-likeness (QED) is 0.784. The van der Waals surface area contributed by atoms with Gasteiger partial charge >= 0.3 is 5.97 Å². The van der Waals surface area contributed by atoms with E-state index < -0.39 is 0 Å². The summed E-state index contributed by atoms with van der Waals surface area (Å²) in [5, 5.41) is 4.33. The minimum atomic E-state index is -0.377. The standard InChI is InChI=1S/C14H16N2O3S/c1-16-12-8-5-4-6-10(18-2)13(8)20-7-9(12)11(15-16)14(17)19-3/h5H,4,6-7H2,1-3H3. The van der Waals surface area contributed by atoms with Gasteiger partial charge in [0.15, 0.2) is 5.69 Å². The molecule has 1 aliphatic carbocycles. The minimum absolute atomic E-state index is 0.377. The molecule has 0 saturated carbocycles. The molecule has 1 aromatic rings. The Balaban J connectivity index is 2.16. The summed E-state index contributed by atoms with van der Waals surface area (Å²) in [6.45, 7) is 0. The normalized spacial score (nSPS) is 17.2. The van der Waals surface area contributed by atoms with Crippen LogP contribution in [-0.4, -0.2) is 30.0 Å². The number of carbonyl (C=O) groups is 1. The third-order valence-electron chi connectivity index (χ3n) is 3.60. The molecule has 6 heteroatoms. The van der Waals surface area contributed by atoms with Crippen LogP contribution >= 0.6 is 11.8 Å². The molecule has 0 N–H and O–H groups in total. The van der Waals surface area contributed by atoms with Crippen LogP contribution in [0, 0.1) is 0 Å². The van der Waals surface area contributed by atoms with Crippen LogP contribution in [0.25, 0.3) is 5.57 Å². The van der Waals surface area contributed by atoms with Crippen molar-refractivity contribution in [2.75, 3.05) is 14.2 Å². The number of carbonyl (C=O) groups excluding carboxylic acids is 1. The summed E-state index contributed by atoms with van der Waals surface area (Å²) in [7, 11) is 4.96. The molecule has 106 valence electrons. The first kappa shape index (κ1) is 13.3. The number of thioether (sulfide) groups is 1. The highest BCUT2D eigenvalue weighted by atomic mass is 32.2. The number of rotatable bonds is 2. The molecule has 0 spiro atoms. The van der Waals surface area contributed by atoms with E-state index in [0.29, 0.717) is 11.4 Å². The monoisotopic (exact) mass is 292 g/mol. The SMILES string of the molecule is COC(=O)c1nn(C)c2c1CSC1=C(OC)CCC=C12. The number of esters is 1. The van der Waals surface area contributed by atoms with E-state index in [1.807, 2.05) is 7.05 Å². The maximum absolute atomic E-state index is 11.8. The third kappa shape index (κ3) is 1.86. The van der Waals surface area contributed by atoms with Crippen molar-refractivity contribution in [3.63, 3.8) is 0 Å². The Morgan fingerprint density at radius 2 is 2.25 bits per heavy atom. The number of fused-ring (bicyclic) bond motifs is 3. The van der Waals surface area contributed by atoms with Crippen molar-refractivity contribution < 1.29 is 14.3 Å². The molecule has 20 heavy (non-hydrogen) atoms. The predicted molar refractivity (Wildman–Crippen MR) is 77.1 cm³/mol. The first-order valence-electron chi connectivity index (χ1n) is 6.42. The number of aryl methyl sites for hydroxylation is 1. The number of nitrogens with zero attached hydrogens (tertiary/aromatic N) is 2. The highest BCUT2D eigenvalue weighted by molar-refractivity contribution is 8.03. The van der Waals surface area contributed by atoms with Gasteiger partial charge in [-0.05, 0) is 6.42 Å². The average Bonchev–Trinajstić information content (AvgIpc) is 2.83. The van der Waals surface area contributed by atoms with Crippen LogP contribution in [0.1, 0.15) is 34.6 Å². The van der Waals surface area contributed by atoms with Crippen LogP contribution in [0.4, 0.5) is 0 Å². The topological polar surface area (TPSA) is 53.3 Å². The molecule has 1 aliphatic heterocycles. The van der Waals surface area contributed by atoms with Crippen LogP contribution in [0.5, 0.6) is 0 Å². The van der Waals surface area contributed by atoms with Gasteiger partial charge in [-0.2, -0.15) is 5.10 Å². The van der Waals surface area contributed by atoms with Crippen molar-refractivity contribution in [3.8, 4) is 0 Å². The molecule has 0 bridgehead atoms. The summed E-state index contributed by atoms with van der Waals surface area (Å²) in [5.41, 5.74) is 3.51. The summed E-state index contributed by atoms with van der Waals surface area (Å²) in [4.78, 5) is 13.0. The van der Waals surface area contributed by atoms with E-state index in [1.165, 1.54) is 12.0 Å². The van der Waals surface area contributed by atoms with Crippen molar-refractivity contribution in [2.45, 2.75) is 18.6 Å². The van der Waals surface area contributed by atoms with Crippen LogP contribution in [0.2, 0.25) is 0 Å². The molecule has 1 aromatic heterocycles. The molecule has 0 saturated heterocycles. The molecule has 2 heterocycles. The lowest BCUT2D eigenvalue weighted by Crippen LogP contribution is -2.11. The summed E-state index contributed by atoms with van der Waals surface area (Å²) in [6.07, 6.45) is 4.08. The van der Waals surface area contributed by atoms with Gasteiger partial charge in [-0.25, -0.2) is 4.79 Å². The highest BCUT2D eigenvalue weighted by Crippen LogP contribution is 2.47. The van der Waals surface area contributed by atoms with E-state index in [2.05, 4.69) is 11.2 Å². The Kier molecular flexibility index (Phi) is 3.33. The fourth-order valence-electron chi connectivity index (χ4n) is 2.71. The van der Waals surface area contributed by atoms with E-state index in [1.54, 1.807) is 23.6 Å². The van der Waals surface area contributed by atoms with Crippen LogP contribution in [0.15, 0.2) is 16.7 Å². The first-order valence-corrected chi connectivity index (χ1v) is 7.41. The molecule has 3 rings (SSSR count). The Morgan fingerprint density at radius 3 is 2.95 bits per heavy atom. The highest BCUT2D eigenvalue weighted by Gasteiger charge is 2.32. The van der Waals surface area contributed by atoms with Gasteiger partial charge in [-0.15, -0.1) is 11.8 Å². The van der Waals surface area contributed by atoms with E-state index in [0.717, 1.165) is 35.4 Å². The van der Waals surface area contributed by atoms with Gasteiger partial charge in [-0.1, -0.05) is 6.08 Å². The second-order valence-corrected chi connectivity index (χ2v) is 5.68. The van der Waals surface area contributed by atoms with Gasteiger partial charge in [0.2, 0.25) is 0 Å². The van der Waals surface area contributed by atoms with E-state index in [-0.39, 0.29) is 5.97 Å². The molecule has 0 radical (unpaired) electrons. The van der Waals surface area contributed by atoms with Crippen molar-refractivity contribution in [1.29, 1.82) is 0 Å². The summed E-state index contributed by atoms with van der Waals surface area (Å²) < 4.78 is 12.1. The number of allylic oxidation sites excluding steroid dienone is 3. The maximum atomic E-state index is 11.8. The number of aromatic nitrogens is 2. The van der Waals surface area contributed by atoms with E-state index in [4.69, 9.17) is 9.47 Å². The molecule has 5 nitrogen and oxygen atoms in total. The Labute approximate surface area is 121 Å². The molecular weight excluding hydrogens is 276 g/mol. The number of ether oxygens (including phenoxy) is 2. The summed E-state index contributed by atoms with van der Waals surface area (Å²) in [6, 6.07) is 0. The second kappa shape index (κ2) is 5.01. The Hall–Kier alpha value is -1.69. The Morgan fingerprint density at radius 1 is 1.45 bits per heavy atom. The fraction of sp³-hybridized carbons (Fsp3) is 0.429. The van der Waals surface area contributed by atoms with Gasteiger partial charge in [-0.3, -0.25) is 4.68 Å². The van der Waals surface area contributed by atoms with Crippen molar-refractivity contribution in [3.05, 3.63) is 33.7 Å². The van der Waals surface area contributed by atoms with Gasteiger partial charge in [0.25, 0.3) is 0 Å². The molecule has 0 unspecified atom stereocenters. The van der Waals surface area contributed by atoms with Crippen LogP contribution < -0.4 is 0 Å². The van der Waals surface area contributed by atoms with E-state index >= 15 is 0 Å². The summed E-state index contributed by atoms with van der Waals surface area (Å²) in [5.74, 6) is 1.37. The first-order chi connectivity index (χ1) is 9.67. The maximum Gasteiger partial charge on any atom is 0.358 e. The molecule has 0 aromatic carbocycles. The number of hydrogen-bond donors (Lipinski definition) is 0. The number of methoxy groups -OCH3 is 2. The molecular formula is C14H16N2O3S. The lowest BCUT2D eigenvalue weighted by Gasteiger charge is -2.25. The predicted octanol–water partition coefficient (Wildman–Crippen LogP) is 2.49. The van der Waals surface area contributed by atoms with Gasteiger partial charge < -0.3 is 9.47 Å². The average molecular weight is 292 g/mol. The molecule has 0 amide bonds. The smallest absolute Gasteiger partial charge is 0.358 e. The van der Waals surface area contributed by atoms with Crippen molar-refractivity contribution in [1.82, 2.24) is 9.78 Å². The second-order valence-electron chi connectivity index (χ2n) is 4.69. The largest absolute Gasteiger partial charge is 0.500 e. The Bertz CT molecular complexity index is 643. The zero-order valence-corrected chi connectivity index (χ0v) is 12.5. The molecule has 0 fully saturated rings. The van der Waals surface area contributed by atoms with Crippen LogP contribution in [-0.2, 0) is 22.3 Å². The third-order valence-corrected chi connectivity index (χ3v) is 4.77. The van der Waals surface area contributed by atoms with Gasteiger partial charge in [0.05, 0.1) is 24.8 Å². The summed E-state index contributed by atoms with van der Waals surface area (Å²) >= 11 is 1.70. The van der Waals surface area contributed by atoms with E-state index in [9.17, 15) is 4.79 Å². The molecule has 2 aliphatic rings. The zero-order chi connectivity index (χ0) is 14.3. The van der Waals surface area contributed by atoms with Gasteiger partial charge in [0, 0.05) is 30.4 Å². The lowest BCUT2D eigenvalue weighted by molar-refractivity contribution is 0.0592. The molecule has 0 atom stereocenters. The minimum Gasteiger partial charge on any atom is -0.500 e. The van der Waals surface area contributed by atoms with Crippen molar-refractivity contribution >= 4 is 23.3 Å².